The molecule has 0 aromatic heterocycles. The van der Waals surface area contributed by atoms with Gasteiger partial charge in [0.05, 0.1) is 6.04 Å². The second-order valence-electron chi connectivity index (χ2n) is 4.82. The zero-order valence-electron chi connectivity index (χ0n) is 10.4. The van der Waals surface area contributed by atoms with Crippen LogP contribution in [0.4, 0.5) is 18.9 Å². The maximum atomic E-state index is 13.6. The molecule has 5 heteroatoms. The van der Waals surface area contributed by atoms with Gasteiger partial charge in [0, 0.05) is 17.2 Å². The van der Waals surface area contributed by atoms with Crippen molar-refractivity contribution < 1.29 is 13.2 Å². The summed E-state index contributed by atoms with van der Waals surface area (Å²) in [6, 6.07) is 6.60. The molecule has 1 aliphatic rings. The molecule has 20 heavy (non-hydrogen) atoms. The van der Waals surface area contributed by atoms with Gasteiger partial charge in [-0.25, -0.2) is 13.2 Å². The molecular formula is C15H11ClF3N. The number of fused-ring (bicyclic) bond motifs is 1. The third-order valence-corrected chi connectivity index (χ3v) is 3.74. The molecule has 0 bridgehead atoms. The summed E-state index contributed by atoms with van der Waals surface area (Å²) in [7, 11) is 0. The molecule has 0 saturated heterocycles. The van der Waals surface area contributed by atoms with Crippen LogP contribution in [0.25, 0.3) is 0 Å². The van der Waals surface area contributed by atoms with Crippen LogP contribution in [0.5, 0.6) is 0 Å². The van der Waals surface area contributed by atoms with E-state index in [4.69, 9.17) is 11.6 Å². The Hall–Kier alpha value is -1.68. The minimum absolute atomic E-state index is 0.197. The number of hydrogen-bond donors (Lipinski definition) is 1. The van der Waals surface area contributed by atoms with Crippen molar-refractivity contribution in [1.29, 1.82) is 0 Å². The van der Waals surface area contributed by atoms with E-state index in [0.717, 1.165) is 17.5 Å². The van der Waals surface area contributed by atoms with Crippen molar-refractivity contribution in [1.82, 2.24) is 0 Å². The maximum Gasteiger partial charge on any atom is 0.152 e. The molecule has 2 aromatic carbocycles. The topological polar surface area (TPSA) is 12.0 Å². The van der Waals surface area contributed by atoms with Crippen molar-refractivity contribution in [3.8, 4) is 0 Å². The molecule has 0 fully saturated rings. The highest BCUT2D eigenvalue weighted by Crippen LogP contribution is 2.36. The molecule has 1 N–H and O–H groups in total. The number of anilines is 1. The number of halogens is 4. The maximum absolute atomic E-state index is 13.6. The van der Waals surface area contributed by atoms with E-state index in [-0.39, 0.29) is 11.7 Å². The standard InChI is InChI=1S/C15H11ClF3N/c16-9-2-3-11-8(5-9)1-4-14(11)20-15-12(18)6-10(17)7-13(15)19/h2-3,5-7,14,20H,1,4H2. The first-order valence-corrected chi connectivity index (χ1v) is 6.62. The van der Waals surface area contributed by atoms with Crippen molar-refractivity contribution in [3.63, 3.8) is 0 Å². The fourth-order valence-corrected chi connectivity index (χ4v) is 2.79. The Morgan fingerprint density at radius 1 is 1.05 bits per heavy atom. The summed E-state index contributed by atoms with van der Waals surface area (Å²) >= 11 is 5.92. The minimum Gasteiger partial charge on any atom is -0.373 e. The molecule has 0 heterocycles. The summed E-state index contributed by atoms with van der Waals surface area (Å²) in [5.74, 6) is -2.78. The summed E-state index contributed by atoms with van der Waals surface area (Å²) in [6.45, 7) is 0. The van der Waals surface area contributed by atoms with Crippen molar-refractivity contribution in [2.75, 3.05) is 5.32 Å². The lowest BCUT2D eigenvalue weighted by Gasteiger charge is -2.17. The molecular weight excluding hydrogens is 287 g/mol. The Morgan fingerprint density at radius 3 is 2.45 bits per heavy atom. The van der Waals surface area contributed by atoms with Gasteiger partial charge in [-0.05, 0) is 36.1 Å². The fraction of sp³-hybridized carbons (Fsp3) is 0.200. The minimum atomic E-state index is -0.927. The van der Waals surface area contributed by atoms with Crippen LogP contribution in [0, 0.1) is 17.5 Å². The predicted octanol–water partition coefficient (Wildman–Crippen LogP) is 4.86. The zero-order chi connectivity index (χ0) is 14.3. The lowest BCUT2D eigenvalue weighted by molar-refractivity contribution is 0.544. The first kappa shape index (κ1) is 13.3. The molecule has 2 aromatic rings. The average Bonchev–Trinajstić information content (AvgIpc) is 2.76. The van der Waals surface area contributed by atoms with Gasteiger partial charge in [-0.2, -0.15) is 0 Å². The molecule has 1 atom stereocenters. The quantitative estimate of drug-likeness (QED) is 0.835. The van der Waals surface area contributed by atoms with Crippen LogP contribution in [0.15, 0.2) is 30.3 Å². The number of hydrogen-bond acceptors (Lipinski definition) is 1. The van der Waals surface area contributed by atoms with Crippen LogP contribution in [0.3, 0.4) is 0 Å². The monoisotopic (exact) mass is 297 g/mol. The Kier molecular flexibility index (Phi) is 3.34. The normalized spacial score (nSPS) is 17.1. The van der Waals surface area contributed by atoms with Gasteiger partial charge in [-0.3, -0.25) is 0 Å². The van der Waals surface area contributed by atoms with Crippen LogP contribution >= 0.6 is 11.6 Å². The molecule has 104 valence electrons. The van der Waals surface area contributed by atoms with E-state index in [0.29, 0.717) is 23.6 Å². The number of benzene rings is 2. The van der Waals surface area contributed by atoms with Gasteiger partial charge in [-0.1, -0.05) is 17.7 Å². The summed E-state index contributed by atoms with van der Waals surface area (Å²) in [5.41, 5.74) is 1.75. The van der Waals surface area contributed by atoms with E-state index in [9.17, 15) is 13.2 Å². The highest BCUT2D eigenvalue weighted by Gasteiger charge is 2.24. The molecule has 0 saturated carbocycles. The van der Waals surface area contributed by atoms with E-state index in [1.807, 2.05) is 12.1 Å². The van der Waals surface area contributed by atoms with Crippen LogP contribution in [0.1, 0.15) is 23.6 Å². The Labute approximate surface area is 119 Å². The SMILES string of the molecule is Fc1cc(F)c(NC2CCc3cc(Cl)ccc32)c(F)c1. The first-order valence-electron chi connectivity index (χ1n) is 6.24. The largest absolute Gasteiger partial charge is 0.373 e. The van der Waals surface area contributed by atoms with Crippen molar-refractivity contribution in [2.45, 2.75) is 18.9 Å². The van der Waals surface area contributed by atoms with Gasteiger partial charge < -0.3 is 5.32 Å². The average molecular weight is 298 g/mol. The fourth-order valence-electron chi connectivity index (χ4n) is 2.59. The lowest BCUT2D eigenvalue weighted by Crippen LogP contribution is -2.10. The molecule has 0 radical (unpaired) electrons. The third kappa shape index (κ3) is 2.36. The smallest absolute Gasteiger partial charge is 0.152 e. The number of nitrogens with one attached hydrogen (secondary N) is 1. The van der Waals surface area contributed by atoms with Gasteiger partial charge >= 0.3 is 0 Å². The molecule has 0 aliphatic heterocycles. The van der Waals surface area contributed by atoms with Gasteiger partial charge in [0.15, 0.2) is 11.6 Å². The highest BCUT2D eigenvalue weighted by atomic mass is 35.5. The molecule has 3 rings (SSSR count). The number of aryl methyl sites for hydroxylation is 1. The third-order valence-electron chi connectivity index (χ3n) is 3.51. The lowest BCUT2D eigenvalue weighted by atomic mass is 10.1. The van der Waals surface area contributed by atoms with E-state index in [1.165, 1.54) is 0 Å². The number of rotatable bonds is 2. The molecule has 0 spiro atoms. The van der Waals surface area contributed by atoms with Crippen LogP contribution < -0.4 is 5.32 Å². The molecule has 1 nitrogen and oxygen atoms in total. The second kappa shape index (κ2) is 5.02. The van der Waals surface area contributed by atoms with Crippen molar-refractivity contribution in [3.05, 3.63) is 63.9 Å². The van der Waals surface area contributed by atoms with Gasteiger partial charge in [0.1, 0.15) is 11.5 Å². The highest BCUT2D eigenvalue weighted by molar-refractivity contribution is 6.30. The van der Waals surface area contributed by atoms with Crippen molar-refractivity contribution in [2.24, 2.45) is 0 Å². The Balaban J connectivity index is 1.91. The Morgan fingerprint density at radius 2 is 1.75 bits per heavy atom. The summed E-state index contributed by atoms with van der Waals surface area (Å²) in [6.07, 6.45) is 1.50. The van der Waals surface area contributed by atoms with Crippen LogP contribution in [0.2, 0.25) is 5.02 Å². The van der Waals surface area contributed by atoms with E-state index < -0.39 is 17.5 Å². The molecule has 0 amide bonds. The van der Waals surface area contributed by atoms with E-state index in [2.05, 4.69) is 5.32 Å². The van der Waals surface area contributed by atoms with Crippen LogP contribution in [-0.2, 0) is 6.42 Å². The summed E-state index contributed by atoms with van der Waals surface area (Å²) < 4.78 is 40.2. The Bertz CT molecular complexity index is 649. The zero-order valence-corrected chi connectivity index (χ0v) is 11.1. The van der Waals surface area contributed by atoms with E-state index in [1.54, 1.807) is 6.07 Å². The van der Waals surface area contributed by atoms with Gasteiger partial charge in [0.25, 0.3) is 0 Å². The molecule has 1 unspecified atom stereocenters. The van der Waals surface area contributed by atoms with E-state index >= 15 is 0 Å². The first-order chi connectivity index (χ1) is 9.54. The summed E-state index contributed by atoms with van der Waals surface area (Å²) in [4.78, 5) is 0. The van der Waals surface area contributed by atoms with Gasteiger partial charge in [-0.15, -0.1) is 0 Å². The van der Waals surface area contributed by atoms with Gasteiger partial charge in [0.2, 0.25) is 0 Å². The molecule has 1 aliphatic carbocycles. The predicted molar refractivity (Wildman–Crippen MR) is 72.5 cm³/mol. The van der Waals surface area contributed by atoms with Crippen molar-refractivity contribution >= 4 is 17.3 Å². The van der Waals surface area contributed by atoms with Crippen LogP contribution in [-0.4, -0.2) is 0 Å². The second-order valence-corrected chi connectivity index (χ2v) is 5.26. The summed E-state index contributed by atoms with van der Waals surface area (Å²) in [5, 5.41) is 3.46.